The van der Waals surface area contributed by atoms with Crippen LogP contribution >= 0.6 is 0 Å². The fourth-order valence-electron chi connectivity index (χ4n) is 1.34. The van der Waals surface area contributed by atoms with Gasteiger partial charge in [0.1, 0.15) is 0 Å². The molecule has 0 aliphatic carbocycles. The zero-order valence-electron chi connectivity index (χ0n) is 9.48. The van der Waals surface area contributed by atoms with Gasteiger partial charge in [0.15, 0.2) is 0 Å². The van der Waals surface area contributed by atoms with E-state index in [-0.39, 0.29) is 11.5 Å². The second-order valence-electron chi connectivity index (χ2n) is 3.63. The topological polar surface area (TPSA) is 92.4 Å². The molecule has 0 bridgehead atoms. The monoisotopic (exact) mass is 236 g/mol. The molecule has 0 spiro atoms. The van der Waals surface area contributed by atoms with Crippen molar-refractivity contribution in [2.45, 2.75) is 12.8 Å². The number of carboxylic acids is 1. The van der Waals surface area contributed by atoms with Crippen molar-refractivity contribution in [2.75, 3.05) is 13.1 Å². The van der Waals surface area contributed by atoms with Crippen LogP contribution in [0.3, 0.4) is 0 Å². The van der Waals surface area contributed by atoms with Crippen molar-refractivity contribution in [1.29, 1.82) is 0 Å². The molecule has 4 N–H and O–H groups in total. The fraction of sp³-hybridized carbons (Fsp3) is 0.333. The number of benzene rings is 1. The first-order valence-electron chi connectivity index (χ1n) is 5.47. The molecule has 1 amide bonds. The standard InChI is InChI=1S/C12H16N2O3/c13-7-1-2-8-14-11(15)9-3-5-10(6-4-9)12(16)17/h3-6H,1-2,7-8,13H2,(H,14,15)(H,16,17). The van der Waals surface area contributed by atoms with E-state index in [0.717, 1.165) is 12.8 Å². The highest BCUT2D eigenvalue weighted by atomic mass is 16.4. The van der Waals surface area contributed by atoms with E-state index in [0.29, 0.717) is 18.7 Å². The van der Waals surface area contributed by atoms with E-state index < -0.39 is 5.97 Å². The molecule has 0 aliphatic rings. The molecule has 0 atom stereocenters. The van der Waals surface area contributed by atoms with Gasteiger partial charge in [-0.3, -0.25) is 4.79 Å². The average molecular weight is 236 g/mol. The lowest BCUT2D eigenvalue weighted by Crippen LogP contribution is -2.24. The minimum Gasteiger partial charge on any atom is -0.478 e. The Morgan fingerprint density at radius 3 is 2.24 bits per heavy atom. The van der Waals surface area contributed by atoms with Crippen LogP contribution in [0.2, 0.25) is 0 Å². The molecule has 0 saturated heterocycles. The van der Waals surface area contributed by atoms with Crippen molar-refractivity contribution in [1.82, 2.24) is 5.32 Å². The zero-order chi connectivity index (χ0) is 12.7. The van der Waals surface area contributed by atoms with E-state index in [1.54, 1.807) is 0 Å². The fourth-order valence-corrected chi connectivity index (χ4v) is 1.34. The smallest absolute Gasteiger partial charge is 0.335 e. The van der Waals surface area contributed by atoms with Crippen molar-refractivity contribution < 1.29 is 14.7 Å². The van der Waals surface area contributed by atoms with Crippen molar-refractivity contribution in [3.8, 4) is 0 Å². The molecule has 0 radical (unpaired) electrons. The van der Waals surface area contributed by atoms with Gasteiger partial charge in [-0.05, 0) is 43.7 Å². The maximum Gasteiger partial charge on any atom is 0.335 e. The molecule has 1 aromatic carbocycles. The summed E-state index contributed by atoms with van der Waals surface area (Å²) < 4.78 is 0. The van der Waals surface area contributed by atoms with Crippen LogP contribution < -0.4 is 11.1 Å². The summed E-state index contributed by atoms with van der Waals surface area (Å²) in [6.07, 6.45) is 1.72. The second kappa shape index (κ2) is 6.65. The molecule has 5 heteroatoms. The third kappa shape index (κ3) is 4.24. The van der Waals surface area contributed by atoms with Gasteiger partial charge in [-0.1, -0.05) is 0 Å². The number of hydrogen-bond acceptors (Lipinski definition) is 3. The summed E-state index contributed by atoms with van der Waals surface area (Å²) in [6, 6.07) is 5.83. The maximum atomic E-state index is 11.6. The highest BCUT2D eigenvalue weighted by molar-refractivity contribution is 5.95. The number of aromatic carboxylic acids is 1. The molecule has 0 unspecified atom stereocenters. The number of unbranched alkanes of at least 4 members (excludes halogenated alkanes) is 1. The SMILES string of the molecule is NCCCCNC(=O)c1ccc(C(=O)O)cc1. The minimum atomic E-state index is -1.00. The Kier molecular flexibility index (Phi) is 5.16. The maximum absolute atomic E-state index is 11.6. The summed E-state index contributed by atoms with van der Waals surface area (Å²) in [6.45, 7) is 1.19. The van der Waals surface area contributed by atoms with Crippen LogP contribution in [-0.4, -0.2) is 30.1 Å². The largest absolute Gasteiger partial charge is 0.478 e. The van der Waals surface area contributed by atoms with E-state index in [4.69, 9.17) is 10.8 Å². The number of carbonyl (C=O) groups is 2. The first kappa shape index (κ1) is 13.2. The molecule has 0 saturated carbocycles. The number of amides is 1. The molecule has 17 heavy (non-hydrogen) atoms. The highest BCUT2D eigenvalue weighted by Crippen LogP contribution is 2.04. The number of rotatable bonds is 6. The average Bonchev–Trinajstić information content (AvgIpc) is 2.34. The van der Waals surface area contributed by atoms with Gasteiger partial charge >= 0.3 is 5.97 Å². The third-order valence-corrected chi connectivity index (χ3v) is 2.31. The summed E-state index contributed by atoms with van der Waals surface area (Å²) in [5, 5.41) is 11.4. The van der Waals surface area contributed by atoms with Gasteiger partial charge in [0.05, 0.1) is 5.56 Å². The number of carboxylic acid groups (broad SMARTS) is 1. The Morgan fingerprint density at radius 1 is 1.12 bits per heavy atom. The summed E-state index contributed by atoms with van der Waals surface area (Å²) in [7, 11) is 0. The van der Waals surface area contributed by atoms with E-state index in [1.807, 2.05) is 0 Å². The number of hydrogen-bond donors (Lipinski definition) is 3. The third-order valence-electron chi connectivity index (χ3n) is 2.31. The lowest BCUT2D eigenvalue weighted by atomic mass is 10.1. The van der Waals surface area contributed by atoms with Crippen LogP contribution in [0, 0.1) is 0 Å². The van der Waals surface area contributed by atoms with Gasteiger partial charge in [-0.2, -0.15) is 0 Å². The van der Waals surface area contributed by atoms with Crippen LogP contribution in [0.4, 0.5) is 0 Å². The molecule has 0 heterocycles. The Morgan fingerprint density at radius 2 is 1.71 bits per heavy atom. The molecule has 0 aromatic heterocycles. The Bertz CT molecular complexity index is 387. The van der Waals surface area contributed by atoms with Gasteiger partial charge in [0, 0.05) is 12.1 Å². The molecule has 5 nitrogen and oxygen atoms in total. The number of nitrogens with one attached hydrogen (secondary N) is 1. The molecule has 0 fully saturated rings. The minimum absolute atomic E-state index is 0.171. The van der Waals surface area contributed by atoms with Crippen LogP contribution in [0.1, 0.15) is 33.6 Å². The van der Waals surface area contributed by atoms with Gasteiger partial charge in [0.2, 0.25) is 0 Å². The number of nitrogens with two attached hydrogens (primary N) is 1. The summed E-state index contributed by atoms with van der Waals surface area (Å²) in [5.41, 5.74) is 5.97. The number of carbonyl (C=O) groups excluding carboxylic acids is 1. The van der Waals surface area contributed by atoms with Crippen LogP contribution in [0.25, 0.3) is 0 Å². The van der Waals surface area contributed by atoms with Crippen molar-refractivity contribution in [3.63, 3.8) is 0 Å². The van der Waals surface area contributed by atoms with E-state index in [2.05, 4.69) is 5.32 Å². The van der Waals surface area contributed by atoms with Crippen LogP contribution in [0.5, 0.6) is 0 Å². The van der Waals surface area contributed by atoms with Gasteiger partial charge in [-0.15, -0.1) is 0 Å². The van der Waals surface area contributed by atoms with E-state index in [9.17, 15) is 9.59 Å². The molecular weight excluding hydrogens is 220 g/mol. The quantitative estimate of drug-likeness (QED) is 0.638. The highest BCUT2D eigenvalue weighted by Gasteiger charge is 2.06. The molecule has 0 aliphatic heterocycles. The van der Waals surface area contributed by atoms with Crippen molar-refractivity contribution in [2.24, 2.45) is 5.73 Å². The van der Waals surface area contributed by atoms with Crippen molar-refractivity contribution >= 4 is 11.9 Å². The predicted molar refractivity (Wildman–Crippen MR) is 64.0 cm³/mol. The molecule has 1 aromatic rings. The van der Waals surface area contributed by atoms with E-state index >= 15 is 0 Å². The van der Waals surface area contributed by atoms with Crippen molar-refractivity contribution in [3.05, 3.63) is 35.4 Å². The normalized spacial score (nSPS) is 9.94. The van der Waals surface area contributed by atoms with Crippen LogP contribution in [-0.2, 0) is 0 Å². The Labute approximate surface area is 99.6 Å². The molecule has 1 rings (SSSR count). The predicted octanol–water partition coefficient (Wildman–Crippen LogP) is 0.854. The van der Waals surface area contributed by atoms with Crippen LogP contribution in [0.15, 0.2) is 24.3 Å². The lowest BCUT2D eigenvalue weighted by Gasteiger charge is -2.04. The zero-order valence-corrected chi connectivity index (χ0v) is 9.48. The summed E-state index contributed by atoms with van der Waals surface area (Å²) in [4.78, 5) is 22.2. The summed E-state index contributed by atoms with van der Waals surface area (Å²) >= 11 is 0. The van der Waals surface area contributed by atoms with Gasteiger partial charge in [0.25, 0.3) is 5.91 Å². The van der Waals surface area contributed by atoms with Gasteiger partial charge in [-0.25, -0.2) is 4.79 Å². The first-order valence-corrected chi connectivity index (χ1v) is 5.47. The molecule has 92 valence electrons. The lowest BCUT2D eigenvalue weighted by molar-refractivity contribution is 0.0696. The van der Waals surface area contributed by atoms with E-state index in [1.165, 1.54) is 24.3 Å². The Balaban J connectivity index is 2.49. The first-order chi connectivity index (χ1) is 8.15. The molecular formula is C12H16N2O3. The Hall–Kier alpha value is -1.88. The summed E-state index contributed by atoms with van der Waals surface area (Å²) in [5.74, 6) is -1.20. The van der Waals surface area contributed by atoms with Gasteiger partial charge < -0.3 is 16.2 Å². The second-order valence-corrected chi connectivity index (χ2v) is 3.63.